The molecular weight excluding hydrogens is 246 g/mol. The number of carbonyl (C=O) groups excluding carboxylic acids is 1. The Hall–Kier alpha value is -2.11. The van der Waals surface area contributed by atoms with E-state index in [1.54, 1.807) is 6.92 Å². The molecule has 0 saturated carbocycles. The van der Waals surface area contributed by atoms with Crippen LogP contribution in [0, 0.1) is 25.7 Å². The summed E-state index contributed by atoms with van der Waals surface area (Å²) in [6, 6.07) is 0. The summed E-state index contributed by atoms with van der Waals surface area (Å²) in [5.41, 5.74) is 2.11. The van der Waals surface area contributed by atoms with Crippen LogP contribution in [-0.4, -0.2) is 27.2 Å². The van der Waals surface area contributed by atoms with Gasteiger partial charge >= 0.3 is 5.97 Å². The maximum absolute atomic E-state index is 12.2. The average molecular weight is 263 g/mol. The number of carbonyl (C=O) groups is 2. The first kappa shape index (κ1) is 13.3. The highest BCUT2D eigenvalue weighted by Crippen LogP contribution is 2.28. The Balaban J connectivity index is 2.15. The van der Waals surface area contributed by atoms with Crippen molar-refractivity contribution in [3.05, 3.63) is 23.5 Å². The van der Waals surface area contributed by atoms with Gasteiger partial charge in [0.05, 0.1) is 28.9 Å². The molecule has 0 fully saturated rings. The van der Waals surface area contributed by atoms with Crippen LogP contribution in [0.15, 0.2) is 12.2 Å². The molecule has 1 aromatic rings. The van der Waals surface area contributed by atoms with Gasteiger partial charge < -0.3 is 10.4 Å². The number of nitrogens with one attached hydrogen (secondary N) is 2. The summed E-state index contributed by atoms with van der Waals surface area (Å²) in [5, 5.41) is 18.7. The number of hydrogen-bond donors (Lipinski definition) is 3. The minimum absolute atomic E-state index is 0.260. The number of aliphatic carboxylic acids is 1. The number of carboxylic acids is 1. The Labute approximate surface area is 110 Å². The fourth-order valence-corrected chi connectivity index (χ4v) is 2.33. The van der Waals surface area contributed by atoms with E-state index in [2.05, 4.69) is 15.5 Å². The van der Waals surface area contributed by atoms with Gasteiger partial charge in [-0.15, -0.1) is 0 Å². The standard InChI is InChI=1S/C13H17N3O3/c1-7-11(8(2)16-15-7)14-12(17)9-5-3-4-6-10(9)13(18)19/h3-4,9-10H,5-6H2,1-2H3,(H,14,17)(H,15,16)(H,18,19)/t9-,10+/m1/s1. The molecule has 0 radical (unpaired) electrons. The fourth-order valence-electron chi connectivity index (χ4n) is 2.33. The smallest absolute Gasteiger partial charge is 0.307 e. The highest BCUT2D eigenvalue weighted by molar-refractivity contribution is 5.96. The first-order chi connectivity index (χ1) is 9.00. The van der Waals surface area contributed by atoms with Crippen molar-refractivity contribution in [2.75, 3.05) is 5.32 Å². The molecule has 0 bridgehead atoms. The third kappa shape index (κ3) is 2.67. The van der Waals surface area contributed by atoms with Crippen molar-refractivity contribution >= 4 is 17.6 Å². The zero-order valence-corrected chi connectivity index (χ0v) is 10.9. The lowest BCUT2D eigenvalue weighted by molar-refractivity contribution is -0.146. The van der Waals surface area contributed by atoms with Crippen LogP contribution in [0.3, 0.4) is 0 Å². The zero-order valence-electron chi connectivity index (χ0n) is 10.9. The van der Waals surface area contributed by atoms with Crippen LogP contribution in [0.25, 0.3) is 0 Å². The highest BCUT2D eigenvalue weighted by atomic mass is 16.4. The maximum atomic E-state index is 12.2. The fraction of sp³-hybridized carbons (Fsp3) is 0.462. The molecule has 3 N–H and O–H groups in total. The second-order valence-electron chi connectivity index (χ2n) is 4.79. The predicted octanol–water partition coefficient (Wildman–Crippen LogP) is 1.63. The van der Waals surface area contributed by atoms with Gasteiger partial charge in [0.25, 0.3) is 0 Å². The molecule has 1 aliphatic carbocycles. The SMILES string of the molecule is Cc1n[nH]c(C)c1NC(=O)[C@@H]1CC=CC[C@@H]1C(=O)O. The molecule has 1 aromatic heterocycles. The second-order valence-corrected chi connectivity index (χ2v) is 4.79. The Bertz CT molecular complexity index is 514. The van der Waals surface area contributed by atoms with Crippen LogP contribution >= 0.6 is 0 Å². The van der Waals surface area contributed by atoms with Crippen LogP contribution in [0.4, 0.5) is 5.69 Å². The second kappa shape index (κ2) is 5.26. The Morgan fingerprint density at radius 1 is 1.32 bits per heavy atom. The number of allylic oxidation sites excluding steroid dienone is 2. The largest absolute Gasteiger partial charge is 0.481 e. The van der Waals surface area contributed by atoms with Crippen molar-refractivity contribution in [1.82, 2.24) is 10.2 Å². The quantitative estimate of drug-likeness (QED) is 0.722. The Morgan fingerprint density at radius 3 is 2.47 bits per heavy atom. The molecule has 2 rings (SSSR count). The van der Waals surface area contributed by atoms with E-state index in [0.717, 1.165) is 5.69 Å². The van der Waals surface area contributed by atoms with Crippen molar-refractivity contribution in [2.45, 2.75) is 26.7 Å². The van der Waals surface area contributed by atoms with Gasteiger partial charge in [-0.25, -0.2) is 0 Å². The van der Waals surface area contributed by atoms with Crippen LogP contribution in [0.5, 0.6) is 0 Å². The van der Waals surface area contributed by atoms with Gasteiger partial charge in [0, 0.05) is 0 Å². The lowest BCUT2D eigenvalue weighted by Crippen LogP contribution is -2.34. The Morgan fingerprint density at radius 2 is 1.95 bits per heavy atom. The minimum Gasteiger partial charge on any atom is -0.481 e. The van der Waals surface area contributed by atoms with Gasteiger partial charge in [-0.1, -0.05) is 12.2 Å². The van der Waals surface area contributed by atoms with E-state index in [9.17, 15) is 9.59 Å². The van der Waals surface area contributed by atoms with Crippen LogP contribution in [0.1, 0.15) is 24.2 Å². The van der Waals surface area contributed by atoms with Gasteiger partial charge in [0.2, 0.25) is 5.91 Å². The predicted molar refractivity (Wildman–Crippen MR) is 69.7 cm³/mol. The maximum Gasteiger partial charge on any atom is 0.307 e. The summed E-state index contributed by atoms with van der Waals surface area (Å²) in [6.45, 7) is 3.60. The third-order valence-corrected chi connectivity index (χ3v) is 3.46. The number of aromatic nitrogens is 2. The van der Waals surface area contributed by atoms with E-state index in [1.807, 2.05) is 19.1 Å². The molecule has 6 nitrogen and oxygen atoms in total. The summed E-state index contributed by atoms with van der Waals surface area (Å²) >= 11 is 0. The number of anilines is 1. The summed E-state index contributed by atoms with van der Waals surface area (Å²) < 4.78 is 0. The van der Waals surface area contributed by atoms with Crippen molar-refractivity contribution in [2.24, 2.45) is 11.8 Å². The molecule has 0 aliphatic heterocycles. The first-order valence-electron chi connectivity index (χ1n) is 6.21. The molecule has 0 spiro atoms. The van der Waals surface area contributed by atoms with E-state index in [0.29, 0.717) is 24.2 Å². The summed E-state index contributed by atoms with van der Waals surface area (Å²) in [6.07, 6.45) is 4.53. The van der Waals surface area contributed by atoms with E-state index in [1.165, 1.54) is 0 Å². The summed E-state index contributed by atoms with van der Waals surface area (Å²) in [7, 11) is 0. The number of rotatable bonds is 3. The number of amides is 1. The molecule has 102 valence electrons. The Kier molecular flexibility index (Phi) is 3.69. The van der Waals surface area contributed by atoms with Gasteiger partial charge in [-0.05, 0) is 26.7 Å². The average Bonchev–Trinajstić information content (AvgIpc) is 2.70. The van der Waals surface area contributed by atoms with Crippen molar-refractivity contribution in [3.8, 4) is 0 Å². The monoisotopic (exact) mass is 263 g/mol. The summed E-state index contributed by atoms with van der Waals surface area (Å²) in [5.74, 6) is -2.37. The number of hydrogen-bond acceptors (Lipinski definition) is 3. The molecule has 2 atom stereocenters. The number of aryl methyl sites for hydroxylation is 2. The molecule has 19 heavy (non-hydrogen) atoms. The molecular formula is C13H17N3O3. The van der Waals surface area contributed by atoms with Gasteiger partial charge in [0.1, 0.15) is 0 Å². The number of H-pyrrole nitrogens is 1. The number of aromatic amines is 1. The number of carboxylic acid groups (broad SMARTS) is 1. The van der Waals surface area contributed by atoms with E-state index in [4.69, 9.17) is 5.11 Å². The minimum atomic E-state index is -0.926. The third-order valence-electron chi connectivity index (χ3n) is 3.46. The molecule has 1 amide bonds. The van der Waals surface area contributed by atoms with Crippen LogP contribution in [0.2, 0.25) is 0 Å². The molecule has 0 aromatic carbocycles. The first-order valence-corrected chi connectivity index (χ1v) is 6.21. The topological polar surface area (TPSA) is 95.1 Å². The number of nitrogens with zero attached hydrogens (tertiary/aromatic N) is 1. The van der Waals surface area contributed by atoms with Gasteiger partial charge in [0.15, 0.2) is 0 Å². The zero-order chi connectivity index (χ0) is 14.0. The van der Waals surface area contributed by atoms with Crippen molar-refractivity contribution < 1.29 is 14.7 Å². The molecule has 6 heteroatoms. The van der Waals surface area contributed by atoms with Crippen LogP contribution < -0.4 is 5.32 Å². The van der Waals surface area contributed by atoms with Gasteiger partial charge in [-0.3, -0.25) is 14.7 Å². The van der Waals surface area contributed by atoms with Gasteiger partial charge in [-0.2, -0.15) is 5.10 Å². The van der Waals surface area contributed by atoms with E-state index < -0.39 is 17.8 Å². The lowest BCUT2D eigenvalue weighted by Gasteiger charge is -2.24. The van der Waals surface area contributed by atoms with Crippen molar-refractivity contribution in [3.63, 3.8) is 0 Å². The van der Waals surface area contributed by atoms with Crippen LogP contribution in [-0.2, 0) is 9.59 Å². The normalized spacial score (nSPS) is 22.2. The molecule has 1 aliphatic rings. The molecule has 1 heterocycles. The molecule has 0 unspecified atom stereocenters. The highest BCUT2D eigenvalue weighted by Gasteiger charge is 2.34. The lowest BCUT2D eigenvalue weighted by atomic mass is 9.82. The van der Waals surface area contributed by atoms with E-state index >= 15 is 0 Å². The van der Waals surface area contributed by atoms with E-state index in [-0.39, 0.29) is 5.91 Å². The molecule has 0 saturated heterocycles. The van der Waals surface area contributed by atoms with Crippen molar-refractivity contribution in [1.29, 1.82) is 0 Å². The summed E-state index contributed by atoms with van der Waals surface area (Å²) in [4.78, 5) is 23.4.